The van der Waals surface area contributed by atoms with Crippen LogP contribution in [-0.4, -0.2) is 156 Å². The lowest BCUT2D eigenvalue weighted by Gasteiger charge is -2.69. The number of thioether (sulfide) groups is 1. The number of ether oxygens (including phenoxy) is 2. The maximum Gasteiger partial charge on any atom is 0.409 e. The minimum absolute atomic E-state index is 0.00185. The second-order valence-corrected chi connectivity index (χ2v) is 30.6. The summed E-state index contributed by atoms with van der Waals surface area (Å²) in [6.07, 6.45) is 14.1. The summed E-state index contributed by atoms with van der Waals surface area (Å²) in [5, 5.41) is 31.0. The zero-order chi connectivity index (χ0) is 71.3. The van der Waals surface area contributed by atoms with E-state index in [9.17, 15) is 48.3 Å². The minimum atomic E-state index is -1.19. The summed E-state index contributed by atoms with van der Waals surface area (Å²) in [4.78, 5) is 134. The smallest absolute Gasteiger partial charge is 0.409 e. The number of hydrogen-bond donors (Lipinski definition) is 7. The molecule has 5 fully saturated rings. The van der Waals surface area contributed by atoms with E-state index in [1.54, 1.807) is 75.9 Å². The molecule has 3 aromatic carbocycles. The molecule has 9 amide bonds. The topological polar surface area (TPSA) is 341 Å². The number of benzene rings is 3. The molecule has 1 aliphatic heterocycles. The second-order valence-electron chi connectivity index (χ2n) is 28.5. The van der Waals surface area contributed by atoms with Crippen LogP contribution in [0.5, 0.6) is 0 Å². The Bertz CT molecular complexity index is 4240. The van der Waals surface area contributed by atoms with Gasteiger partial charge in [0.25, 0.3) is 5.91 Å². The van der Waals surface area contributed by atoms with Gasteiger partial charge in [0.15, 0.2) is 10.8 Å². The summed E-state index contributed by atoms with van der Waals surface area (Å²) < 4.78 is 15.7. The molecule has 7 aromatic rings. The molecule has 0 radical (unpaired) electrons. The van der Waals surface area contributed by atoms with Crippen molar-refractivity contribution in [2.45, 2.75) is 154 Å². The first-order valence-electron chi connectivity index (χ1n) is 34.0. The molecule has 12 rings (SSSR count). The number of aromatic carboxylic acids is 1. The van der Waals surface area contributed by atoms with Gasteiger partial charge in [-0.15, -0.1) is 0 Å². The van der Waals surface area contributed by atoms with Crippen molar-refractivity contribution < 1.29 is 57.7 Å². The van der Waals surface area contributed by atoms with Gasteiger partial charge < -0.3 is 46.5 Å². The number of rotatable bonds is 30. The molecule has 5 heterocycles. The Morgan fingerprint density at radius 2 is 1.60 bits per heavy atom. The normalized spacial score (nSPS) is 21.3. The standard InChI is InChI=1S/C73H87N13O12S2/c1-43(2)60(82-58(87)17-9-8-12-27-85-59(88)31-57(99-7)65(85)92)64(91)80-55(15-13-26-76-67(74)95)63(90)78-48-22-18-45(19-23-48)35-97-69(96)84(6)28-29-98-73-39-70(4)36-71(5,40-73)38-72(37-70,41-73)42-86-44(3)51(34-77-86)49-24-25-53(79-61(49)66(93)94)46-20-21-47-32-75-33-52(50(47)30-46)62(89)83-68-81-54-14-10-11-16-56(54)100-68/h10-11,14,16,18-25,30,32-34,43,55,57,60H,8-9,12-13,15,17,26-29,31,35-42H2,1-7H3,(H,78,90)(H,80,91)(H,82,87)(H,93,94)(H3,74,76,95)(H,81,83,89)/t55-,57?,60-,70?,71?,72?,73?/m0/s1. The fourth-order valence-electron chi connectivity index (χ4n) is 16.2. The third-order valence-corrected chi connectivity index (χ3v) is 21.7. The lowest BCUT2D eigenvalue weighted by atomic mass is 9.39. The molecule has 4 saturated carbocycles. The van der Waals surface area contributed by atoms with E-state index in [0.29, 0.717) is 88.5 Å². The molecule has 1 saturated heterocycles. The number of nitrogens with one attached hydrogen (secondary N) is 5. The van der Waals surface area contributed by atoms with Crippen molar-refractivity contribution >= 4 is 108 Å². The molecule has 528 valence electrons. The predicted molar refractivity (Wildman–Crippen MR) is 381 cm³/mol. The van der Waals surface area contributed by atoms with Gasteiger partial charge in [0.05, 0.1) is 45.1 Å². The number of likely N-dealkylation sites (tertiary alicyclic amines) is 1. The van der Waals surface area contributed by atoms with Crippen molar-refractivity contribution in [2.24, 2.45) is 27.9 Å². The number of primary amides is 1. The summed E-state index contributed by atoms with van der Waals surface area (Å²) >= 11 is 2.73. The predicted octanol–water partition coefficient (Wildman–Crippen LogP) is 10.5. The van der Waals surface area contributed by atoms with Gasteiger partial charge in [-0.3, -0.25) is 48.6 Å². The van der Waals surface area contributed by atoms with Gasteiger partial charge >= 0.3 is 18.1 Å². The average Bonchev–Trinajstić information content (AvgIpc) is 0.754. The van der Waals surface area contributed by atoms with Crippen LogP contribution < -0.4 is 32.3 Å². The zero-order valence-electron chi connectivity index (χ0n) is 57.4. The highest BCUT2D eigenvalue weighted by molar-refractivity contribution is 8.00. The van der Waals surface area contributed by atoms with Crippen LogP contribution in [0.2, 0.25) is 0 Å². The van der Waals surface area contributed by atoms with Gasteiger partial charge in [-0.05, 0) is 153 Å². The van der Waals surface area contributed by atoms with Crippen molar-refractivity contribution in [3.63, 3.8) is 0 Å². The highest BCUT2D eigenvalue weighted by Crippen LogP contribution is 2.72. The fraction of sp³-hybridized carbons (Fsp3) is 0.466. The maximum atomic E-state index is 13.8. The molecular weight excluding hydrogens is 1320 g/mol. The first kappa shape index (κ1) is 71.9. The van der Waals surface area contributed by atoms with Crippen LogP contribution in [0, 0.1) is 29.1 Å². The molecule has 100 heavy (non-hydrogen) atoms. The molecule has 4 aliphatic carbocycles. The number of likely N-dealkylation sites (N-methyl/N-ethyl adjacent to an activating group) is 1. The third-order valence-electron chi connectivity index (χ3n) is 19.8. The molecule has 8 N–H and O–H groups in total. The SMILES string of the molecule is CSC1CC(=O)N(CCCCCC(=O)N[C@H](C(=O)N[C@@H](CCCNC(N)=O)C(=O)Nc2ccc(COC(=O)N(C)CCOC34CC5(C)CC(C)(CC(Cn6ncc(-c7ccc(-c8ccc9cncc(C(=O)Nc%10nc%11ccccc%11s%10)c9c8)nc7C(=O)O)c6C)(C5)C3)C4)cc2)C(C)C)C1=O. The van der Waals surface area contributed by atoms with E-state index >= 15 is 0 Å². The lowest BCUT2D eigenvalue weighted by Crippen LogP contribution is -2.64. The molecule has 5 atom stereocenters. The minimum Gasteiger partial charge on any atom is -0.476 e. The number of nitrogens with two attached hydrogens (primary N) is 1. The van der Waals surface area contributed by atoms with E-state index in [1.807, 2.05) is 54.1 Å². The molecule has 5 aliphatic rings. The number of anilines is 2. The van der Waals surface area contributed by atoms with E-state index < -0.39 is 47.6 Å². The van der Waals surface area contributed by atoms with Crippen molar-refractivity contribution in [3.05, 3.63) is 120 Å². The molecule has 3 unspecified atom stereocenters. The Morgan fingerprint density at radius 3 is 2.31 bits per heavy atom. The number of imide groups is 1. The highest BCUT2D eigenvalue weighted by Gasteiger charge is 2.66. The Morgan fingerprint density at radius 1 is 0.840 bits per heavy atom. The van der Waals surface area contributed by atoms with E-state index in [2.05, 4.69) is 50.4 Å². The molecule has 25 nitrogen and oxygen atoms in total. The summed E-state index contributed by atoms with van der Waals surface area (Å²) in [6.45, 7) is 11.8. The Balaban J connectivity index is 0.668. The number of nitrogens with zero attached hydrogens (tertiary/aromatic N) is 7. The number of urea groups is 1. The number of para-hydroxylation sites is 1. The average molecular weight is 1400 g/mol. The first-order valence-corrected chi connectivity index (χ1v) is 36.1. The maximum absolute atomic E-state index is 13.8. The van der Waals surface area contributed by atoms with Crippen molar-refractivity contribution in [1.82, 2.24) is 50.5 Å². The molecule has 4 bridgehead atoms. The molecule has 27 heteroatoms. The number of hydrogen-bond acceptors (Lipinski definition) is 17. The highest BCUT2D eigenvalue weighted by atomic mass is 32.2. The Labute approximate surface area is 588 Å². The zero-order valence-corrected chi connectivity index (χ0v) is 59.1. The number of carbonyl (C=O) groups excluding carboxylic acids is 8. The van der Waals surface area contributed by atoms with Gasteiger partial charge in [0, 0.05) is 91.9 Å². The van der Waals surface area contributed by atoms with Crippen LogP contribution in [0.4, 0.5) is 20.4 Å². The Hall–Kier alpha value is -9.34. The number of aromatic nitrogens is 5. The van der Waals surface area contributed by atoms with Crippen molar-refractivity contribution in [3.8, 4) is 22.4 Å². The number of fused-ring (bicyclic) bond motifs is 2. The number of thiazole rings is 1. The van der Waals surface area contributed by atoms with E-state index in [1.165, 1.54) is 39.1 Å². The lowest BCUT2D eigenvalue weighted by molar-refractivity contribution is -0.248. The van der Waals surface area contributed by atoms with Gasteiger partial charge in [-0.25, -0.2) is 24.4 Å². The first-order chi connectivity index (χ1) is 47.7. The molecule has 0 spiro atoms. The van der Waals surface area contributed by atoms with Crippen molar-refractivity contribution in [1.29, 1.82) is 0 Å². The van der Waals surface area contributed by atoms with Gasteiger partial charge in [-0.2, -0.15) is 16.9 Å². The number of carboxylic acid groups (broad SMARTS) is 1. The number of pyridine rings is 2. The van der Waals surface area contributed by atoms with Crippen LogP contribution in [0.3, 0.4) is 0 Å². The van der Waals surface area contributed by atoms with Crippen LogP contribution in [-0.2, 0) is 46.6 Å². The largest absolute Gasteiger partial charge is 0.476 e. The van der Waals surface area contributed by atoms with Crippen LogP contribution in [0.1, 0.15) is 143 Å². The van der Waals surface area contributed by atoms with Gasteiger partial charge in [-0.1, -0.05) is 81.9 Å². The van der Waals surface area contributed by atoms with E-state index in [4.69, 9.17) is 25.3 Å². The van der Waals surface area contributed by atoms with Crippen LogP contribution in [0.25, 0.3) is 43.4 Å². The van der Waals surface area contributed by atoms with Crippen LogP contribution >= 0.6 is 23.1 Å². The number of carboxylic acids is 1. The summed E-state index contributed by atoms with van der Waals surface area (Å²) in [7, 11) is 1.67. The van der Waals surface area contributed by atoms with Gasteiger partial charge in [0.1, 0.15) is 18.7 Å². The van der Waals surface area contributed by atoms with Crippen LogP contribution in [0.15, 0.2) is 97.5 Å². The number of unbranched alkanes of at least 4 members (excludes halogenated alkanes) is 2. The van der Waals surface area contributed by atoms with Crippen molar-refractivity contribution in [2.75, 3.05) is 50.2 Å². The third kappa shape index (κ3) is 16.6. The molecular formula is C73H87N13O12S2. The summed E-state index contributed by atoms with van der Waals surface area (Å²) in [6, 6.07) is 20.7. The van der Waals surface area contributed by atoms with E-state index in [-0.39, 0.29) is 102 Å². The second kappa shape index (κ2) is 30.2. The monoisotopic (exact) mass is 1400 g/mol. The molecule has 4 aromatic heterocycles. The fourth-order valence-corrected chi connectivity index (χ4v) is 17.7. The quantitative estimate of drug-likeness (QED) is 0.0162. The number of amides is 9. The van der Waals surface area contributed by atoms with E-state index in [0.717, 1.165) is 59.8 Å². The summed E-state index contributed by atoms with van der Waals surface area (Å²) in [5.41, 5.74) is 9.69. The Kier molecular flexibility index (Phi) is 21.8. The number of carbonyl (C=O) groups is 9. The van der Waals surface area contributed by atoms with Gasteiger partial charge in [0.2, 0.25) is 29.5 Å². The summed E-state index contributed by atoms with van der Waals surface area (Å²) in [5.74, 6) is -3.72.